The van der Waals surface area contributed by atoms with Crippen LogP contribution in [0.2, 0.25) is 0 Å². The van der Waals surface area contributed by atoms with Crippen LogP contribution in [-0.2, 0) is 4.74 Å². The van der Waals surface area contributed by atoms with Crippen molar-refractivity contribution < 1.29 is 9.47 Å². The molecule has 4 heterocycles. The highest BCUT2D eigenvalue weighted by molar-refractivity contribution is 7.98. The van der Waals surface area contributed by atoms with Gasteiger partial charge in [-0.25, -0.2) is 19.6 Å². The van der Waals surface area contributed by atoms with Crippen LogP contribution in [0.15, 0.2) is 35.6 Å². The molecule has 1 atom stereocenters. The monoisotopic (exact) mass is 422 g/mol. The molecule has 5 rings (SSSR count). The Hall–Kier alpha value is -2.91. The van der Waals surface area contributed by atoms with Crippen LogP contribution < -0.4 is 10.5 Å². The van der Waals surface area contributed by atoms with Gasteiger partial charge in [-0.1, -0.05) is 17.8 Å². The van der Waals surface area contributed by atoms with Crippen molar-refractivity contribution in [3.8, 4) is 11.6 Å². The van der Waals surface area contributed by atoms with E-state index in [9.17, 15) is 0 Å². The lowest BCUT2D eigenvalue weighted by atomic mass is 10.2. The number of hydrogen-bond acceptors (Lipinski definition) is 8. The molecule has 0 spiro atoms. The number of aromatic nitrogens is 5. The van der Waals surface area contributed by atoms with Crippen LogP contribution in [0.1, 0.15) is 31.2 Å². The summed E-state index contributed by atoms with van der Waals surface area (Å²) < 4.78 is 14.1. The van der Waals surface area contributed by atoms with Gasteiger partial charge < -0.3 is 15.2 Å². The largest absolute Gasteiger partial charge is 0.436 e. The highest BCUT2D eigenvalue weighted by Gasteiger charge is 2.20. The maximum atomic E-state index is 6.28. The van der Waals surface area contributed by atoms with E-state index in [0.29, 0.717) is 28.1 Å². The molecule has 9 heteroatoms. The minimum Gasteiger partial charge on any atom is -0.436 e. The van der Waals surface area contributed by atoms with Crippen LogP contribution in [-0.4, -0.2) is 37.6 Å². The molecule has 4 aromatic rings. The zero-order chi connectivity index (χ0) is 20.7. The molecule has 1 saturated heterocycles. The number of nitrogens with two attached hydrogens (primary N) is 1. The highest BCUT2D eigenvalue weighted by atomic mass is 32.2. The fourth-order valence-corrected chi connectivity index (χ4v) is 4.14. The van der Waals surface area contributed by atoms with Crippen molar-refractivity contribution in [3.63, 3.8) is 0 Å². The van der Waals surface area contributed by atoms with Crippen LogP contribution in [0.5, 0.6) is 11.6 Å². The number of anilines is 1. The molecule has 0 radical (unpaired) electrons. The molecule has 1 aromatic carbocycles. The van der Waals surface area contributed by atoms with E-state index in [1.165, 1.54) is 11.8 Å². The van der Waals surface area contributed by atoms with Gasteiger partial charge in [0.15, 0.2) is 11.4 Å². The summed E-state index contributed by atoms with van der Waals surface area (Å²) in [5.41, 5.74) is 8.51. The van der Waals surface area contributed by atoms with Gasteiger partial charge in [-0.15, -0.1) is 0 Å². The van der Waals surface area contributed by atoms with Gasteiger partial charge in [0.1, 0.15) is 17.1 Å². The van der Waals surface area contributed by atoms with Gasteiger partial charge >= 0.3 is 0 Å². The van der Waals surface area contributed by atoms with Gasteiger partial charge in [0.25, 0.3) is 0 Å². The van der Waals surface area contributed by atoms with Crippen molar-refractivity contribution in [2.45, 2.75) is 37.6 Å². The third kappa shape index (κ3) is 3.33. The van der Waals surface area contributed by atoms with Crippen molar-refractivity contribution in [1.82, 2.24) is 24.7 Å². The van der Waals surface area contributed by atoms with Gasteiger partial charge in [0.05, 0.1) is 17.1 Å². The van der Waals surface area contributed by atoms with E-state index in [0.717, 1.165) is 47.9 Å². The van der Waals surface area contributed by atoms with Crippen LogP contribution in [0.4, 0.5) is 5.82 Å². The molecule has 1 aliphatic heterocycles. The van der Waals surface area contributed by atoms with Crippen LogP contribution in [0.25, 0.3) is 21.8 Å². The number of nitrogens with zero attached hydrogens (tertiary/aromatic N) is 5. The quantitative estimate of drug-likeness (QED) is 0.379. The Morgan fingerprint density at radius 1 is 1.20 bits per heavy atom. The number of nitrogen functional groups attached to an aromatic ring is 1. The fraction of sp³-hybridized carbons (Fsp3) is 0.333. The lowest BCUT2D eigenvalue weighted by molar-refractivity contribution is -0.0366. The first-order valence-electron chi connectivity index (χ1n) is 9.88. The molecule has 3 aromatic heterocycles. The van der Waals surface area contributed by atoms with Crippen molar-refractivity contribution in [3.05, 3.63) is 36.2 Å². The van der Waals surface area contributed by atoms with Gasteiger partial charge in [0.2, 0.25) is 5.88 Å². The predicted octanol–water partition coefficient (Wildman–Crippen LogP) is 4.48. The summed E-state index contributed by atoms with van der Waals surface area (Å²) in [7, 11) is 0. The number of fused-ring (bicyclic) bond motifs is 2. The minimum atomic E-state index is -0.0406. The Balaban J connectivity index is 1.60. The Morgan fingerprint density at radius 3 is 2.90 bits per heavy atom. The topological polar surface area (TPSA) is 101 Å². The maximum absolute atomic E-state index is 6.28. The molecular formula is C21H22N6O2S. The summed E-state index contributed by atoms with van der Waals surface area (Å²) in [5, 5.41) is 6.79. The number of aryl methyl sites for hydroxylation is 1. The molecule has 1 unspecified atom stereocenters. The Morgan fingerprint density at radius 2 is 2.10 bits per heavy atom. The number of pyridine rings is 1. The Bertz CT molecular complexity index is 1240. The minimum absolute atomic E-state index is 0.0406. The first-order chi connectivity index (χ1) is 14.6. The molecule has 30 heavy (non-hydrogen) atoms. The SMILES string of the molecule is CSc1nc(N)c2cc(C)nc(Oc3cccc4c3cnn4C3CCCCO3)c2n1. The van der Waals surface area contributed by atoms with Gasteiger partial charge in [-0.3, -0.25) is 0 Å². The molecule has 0 saturated carbocycles. The molecule has 1 fully saturated rings. The van der Waals surface area contributed by atoms with Crippen molar-refractivity contribution in [2.75, 3.05) is 18.6 Å². The number of ether oxygens (including phenoxy) is 2. The second-order valence-electron chi connectivity index (χ2n) is 7.26. The first kappa shape index (κ1) is 19.1. The molecule has 0 aliphatic carbocycles. The Kier molecular flexibility index (Phi) is 4.92. The summed E-state index contributed by atoms with van der Waals surface area (Å²) in [6, 6.07) is 7.76. The average molecular weight is 423 g/mol. The van der Waals surface area contributed by atoms with E-state index < -0.39 is 0 Å². The number of thioether (sulfide) groups is 1. The van der Waals surface area contributed by atoms with E-state index in [2.05, 4.69) is 20.1 Å². The second-order valence-corrected chi connectivity index (χ2v) is 8.04. The highest BCUT2D eigenvalue weighted by Crippen LogP contribution is 2.35. The average Bonchev–Trinajstić information content (AvgIpc) is 3.20. The molecule has 154 valence electrons. The number of benzene rings is 1. The van der Waals surface area contributed by atoms with Gasteiger partial charge in [-0.05, 0) is 50.6 Å². The van der Waals surface area contributed by atoms with E-state index in [-0.39, 0.29) is 6.23 Å². The van der Waals surface area contributed by atoms with E-state index in [4.69, 9.17) is 15.2 Å². The second kappa shape index (κ2) is 7.73. The lowest BCUT2D eigenvalue weighted by Gasteiger charge is -2.23. The molecule has 0 amide bonds. The van der Waals surface area contributed by atoms with E-state index in [1.807, 2.05) is 48.3 Å². The van der Waals surface area contributed by atoms with Crippen LogP contribution in [0.3, 0.4) is 0 Å². The summed E-state index contributed by atoms with van der Waals surface area (Å²) in [5.74, 6) is 1.49. The van der Waals surface area contributed by atoms with Crippen LogP contribution in [0, 0.1) is 6.92 Å². The molecule has 0 bridgehead atoms. The predicted molar refractivity (Wildman–Crippen MR) is 117 cm³/mol. The maximum Gasteiger partial charge on any atom is 0.246 e. The first-order valence-corrected chi connectivity index (χ1v) is 11.1. The summed E-state index contributed by atoms with van der Waals surface area (Å²) >= 11 is 1.43. The van der Waals surface area contributed by atoms with Crippen molar-refractivity contribution >= 4 is 39.4 Å². The number of hydrogen-bond donors (Lipinski definition) is 1. The summed E-state index contributed by atoms with van der Waals surface area (Å²) in [6.45, 7) is 2.66. The van der Waals surface area contributed by atoms with Gasteiger partial charge in [-0.2, -0.15) is 5.10 Å². The molecule has 1 aliphatic rings. The third-order valence-electron chi connectivity index (χ3n) is 5.21. The molecule has 2 N–H and O–H groups in total. The summed E-state index contributed by atoms with van der Waals surface area (Å²) in [4.78, 5) is 13.5. The normalized spacial score (nSPS) is 16.9. The lowest BCUT2D eigenvalue weighted by Crippen LogP contribution is -2.18. The number of rotatable bonds is 4. The van der Waals surface area contributed by atoms with Crippen molar-refractivity contribution in [2.24, 2.45) is 0 Å². The zero-order valence-corrected chi connectivity index (χ0v) is 17.6. The van der Waals surface area contributed by atoms with Crippen molar-refractivity contribution in [1.29, 1.82) is 0 Å². The summed E-state index contributed by atoms with van der Waals surface area (Å²) in [6.07, 6.45) is 6.88. The zero-order valence-electron chi connectivity index (χ0n) is 16.8. The third-order valence-corrected chi connectivity index (χ3v) is 5.75. The van der Waals surface area contributed by atoms with Crippen LogP contribution >= 0.6 is 11.8 Å². The smallest absolute Gasteiger partial charge is 0.246 e. The molecule has 8 nitrogen and oxygen atoms in total. The molecular weight excluding hydrogens is 400 g/mol. The fourth-order valence-electron chi connectivity index (χ4n) is 3.77. The van der Waals surface area contributed by atoms with E-state index in [1.54, 1.807) is 0 Å². The standard InChI is InChI=1S/C21H22N6O2S/c1-12-10-13-18(25-21(30-2)26-19(13)22)20(24-12)29-16-7-5-6-15-14(16)11-23-27(15)17-8-3-4-9-28-17/h5-7,10-11,17H,3-4,8-9H2,1-2H3,(H2,22,25,26). The van der Waals surface area contributed by atoms with Gasteiger partial charge in [0, 0.05) is 17.7 Å². The Labute approximate surface area is 177 Å². The van der Waals surface area contributed by atoms with E-state index >= 15 is 0 Å².